The summed E-state index contributed by atoms with van der Waals surface area (Å²) in [6.45, 7) is 1.87. The molecule has 0 unspecified atom stereocenters. The van der Waals surface area contributed by atoms with Crippen LogP contribution in [0.5, 0.6) is 0 Å². The van der Waals surface area contributed by atoms with Gasteiger partial charge < -0.3 is 9.73 Å². The molecule has 0 saturated heterocycles. The molecular formula is C14H11BrN4O2. The summed E-state index contributed by atoms with van der Waals surface area (Å²) in [4.78, 5) is 20.6. The first-order valence-electron chi connectivity index (χ1n) is 6.17. The van der Waals surface area contributed by atoms with Crippen molar-refractivity contribution in [3.8, 4) is 5.82 Å². The van der Waals surface area contributed by atoms with Crippen molar-refractivity contribution in [2.75, 3.05) is 5.32 Å². The van der Waals surface area contributed by atoms with Crippen molar-refractivity contribution in [3.05, 3.63) is 59.1 Å². The van der Waals surface area contributed by atoms with Crippen LogP contribution < -0.4 is 5.32 Å². The highest BCUT2D eigenvalue weighted by Gasteiger charge is 2.14. The number of imidazole rings is 1. The van der Waals surface area contributed by atoms with Gasteiger partial charge in [0.05, 0.1) is 5.69 Å². The number of pyridine rings is 1. The largest absolute Gasteiger partial charge is 0.444 e. The average molecular weight is 347 g/mol. The van der Waals surface area contributed by atoms with Gasteiger partial charge in [0.15, 0.2) is 16.2 Å². The topological polar surface area (TPSA) is 73.0 Å². The van der Waals surface area contributed by atoms with Crippen molar-refractivity contribution < 1.29 is 9.21 Å². The molecule has 0 aromatic carbocycles. The van der Waals surface area contributed by atoms with Crippen molar-refractivity contribution >= 4 is 27.5 Å². The van der Waals surface area contributed by atoms with Crippen LogP contribution in [0.25, 0.3) is 5.82 Å². The smallest absolute Gasteiger partial charge is 0.291 e. The lowest BCUT2D eigenvalue weighted by Crippen LogP contribution is -2.14. The van der Waals surface area contributed by atoms with E-state index in [1.807, 2.05) is 6.92 Å². The van der Waals surface area contributed by atoms with Gasteiger partial charge in [-0.2, -0.15) is 0 Å². The van der Waals surface area contributed by atoms with E-state index < -0.39 is 0 Å². The summed E-state index contributed by atoms with van der Waals surface area (Å²) in [6.07, 6.45) is 5.13. The Kier molecular flexibility index (Phi) is 3.57. The Bertz CT molecular complexity index is 794. The first kappa shape index (κ1) is 13.6. The Morgan fingerprint density at radius 1 is 1.29 bits per heavy atom. The van der Waals surface area contributed by atoms with Gasteiger partial charge in [0.2, 0.25) is 0 Å². The van der Waals surface area contributed by atoms with Gasteiger partial charge in [-0.25, -0.2) is 9.97 Å². The van der Waals surface area contributed by atoms with Crippen molar-refractivity contribution in [1.82, 2.24) is 14.5 Å². The zero-order chi connectivity index (χ0) is 14.8. The van der Waals surface area contributed by atoms with Crippen LogP contribution in [0.1, 0.15) is 16.4 Å². The van der Waals surface area contributed by atoms with Crippen molar-refractivity contribution in [3.63, 3.8) is 0 Å². The molecule has 21 heavy (non-hydrogen) atoms. The molecule has 6 nitrogen and oxygen atoms in total. The molecule has 0 aliphatic rings. The molecule has 3 aromatic heterocycles. The van der Waals surface area contributed by atoms with Gasteiger partial charge in [-0.15, -0.1) is 0 Å². The van der Waals surface area contributed by atoms with Crippen LogP contribution in [0.2, 0.25) is 0 Å². The van der Waals surface area contributed by atoms with Gasteiger partial charge in [0, 0.05) is 18.6 Å². The standard InChI is InChI=1S/C14H11BrN4O2/c1-9-16-7-8-19(9)13-10(3-2-6-17-13)18-14(20)11-4-5-12(15)21-11/h2-8H,1H3,(H,18,20). The number of hydrogen-bond acceptors (Lipinski definition) is 4. The highest BCUT2D eigenvalue weighted by Crippen LogP contribution is 2.20. The average Bonchev–Trinajstić information content (AvgIpc) is 3.08. The third kappa shape index (κ3) is 2.73. The van der Waals surface area contributed by atoms with E-state index in [1.165, 1.54) is 0 Å². The monoisotopic (exact) mass is 346 g/mol. The van der Waals surface area contributed by atoms with Crippen LogP contribution >= 0.6 is 15.9 Å². The fourth-order valence-electron chi connectivity index (χ4n) is 1.91. The molecule has 0 atom stereocenters. The molecule has 0 aliphatic heterocycles. The number of aryl methyl sites for hydroxylation is 1. The van der Waals surface area contributed by atoms with Crippen molar-refractivity contribution in [2.45, 2.75) is 6.92 Å². The number of carbonyl (C=O) groups is 1. The van der Waals surface area contributed by atoms with Crippen LogP contribution in [0.15, 0.2) is 51.9 Å². The molecular weight excluding hydrogens is 336 g/mol. The second-order valence-corrected chi connectivity index (χ2v) is 5.06. The quantitative estimate of drug-likeness (QED) is 0.790. The number of nitrogens with one attached hydrogen (secondary N) is 1. The first-order valence-corrected chi connectivity index (χ1v) is 6.96. The summed E-state index contributed by atoms with van der Waals surface area (Å²) in [5, 5.41) is 2.79. The zero-order valence-corrected chi connectivity index (χ0v) is 12.7. The molecule has 1 amide bonds. The molecule has 0 radical (unpaired) electrons. The lowest BCUT2D eigenvalue weighted by atomic mass is 10.3. The summed E-state index contributed by atoms with van der Waals surface area (Å²) < 4.78 is 7.54. The second-order valence-electron chi connectivity index (χ2n) is 4.28. The molecule has 0 saturated carbocycles. The fourth-order valence-corrected chi connectivity index (χ4v) is 2.22. The highest BCUT2D eigenvalue weighted by molar-refractivity contribution is 9.10. The predicted molar refractivity (Wildman–Crippen MR) is 80.5 cm³/mol. The predicted octanol–water partition coefficient (Wildman–Crippen LogP) is 3.18. The third-order valence-corrected chi connectivity index (χ3v) is 3.31. The maximum absolute atomic E-state index is 12.2. The number of anilines is 1. The van der Waals surface area contributed by atoms with E-state index in [0.29, 0.717) is 16.2 Å². The minimum absolute atomic E-state index is 0.221. The molecule has 0 fully saturated rings. The number of halogens is 1. The Balaban J connectivity index is 1.93. The minimum Gasteiger partial charge on any atom is -0.444 e. The molecule has 106 valence electrons. The first-order chi connectivity index (χ1) is 10.1. The number of carbonyl (C=O) groups excluding carboxylic acids is 1. The Hall–Kier alpha value is -2.41. The maximum atomic E-state index is 12.2. The summed E-state index contributed by atoms with van der Waals surface area (Å²) in [7, 11) is 0. The van der Waals surface area contributed by atoms with Crippen molar-refractivity contribution in [1.29, 1.82) is 0 Å². The molecule has 0 spiro atoms. The molecule has 3 rings (SSSR count). The number of amides is 1. The molecule has 3 aromatic rings. The Labute approximate surface area is 129 Å². The van der Waals surface area contributed by atoms with Gasteiger partial charge in [-0.05, 0) is 47.1 Å². The number of rotatable bonds is 3. The summed E-state index contributed by atoms with van der Waals surface area (Å²) >= 11 is 3.17. The van der Waals surface area contributed by atoms with Crippen LogP contribution in [-0.4, -0.2) is 20.4 Å². The molecule has 0 aliphatic carbocycles. The number of hydrogen-bond donors (Lipinski definition) is 1. The van der Waals surface area contributed by atoms with E-state index >= 15 is 0 Å². The van der Waals surface area contributed by atoms with Crippen LogP contribution in [-0.2, 0) is 0 Å². The van der Waals surface area contributed by atoms with Crippen LogP contribution in [0, 0.1) is 6.92 Å². The number of nitrogens with zero attached hydrogens (tertiary/aromatic N) is 3. The number of furan rings is 1. The van der Waals surface area contributed by atoms with E-state index in [1.54, 1.807) is 47.4 Å². The van der Waals surface area contributed by atoms with Crippen LogP contribution in [0.3, 0.4) is 0 Å². The van der Waals surface area contributed by atoms with Gasteiger partial charge in [-0.3, -0.25) is 9.36 Å². The van der Waals surface area contributed by atoms with E-state index in [2.05, 4.69) is 31.2 Å². The van der Waals surface area contributed by atoms with E-state index in [4.69, 9.17) is 4.42 Å². The zero-order valence-electron chi connectivity index (χ0n) is 11.1. The lowest BCUT2D eigenvalue weighted by Gasteiger charge is -2.10. The Morgan fingerprint density at radius 3 is 2.81 bits per heavy atom. The molecule has 3 heterocycles. The van der Waals surface area contributed by atoms with Gasteiger partial charge in [0.25, 0.3) is 5.91 Å². The number of aromatic nitrogens is 3. The highest BCUT2D eigenvalue weighted by atomic mass is 79.9. The fraction of sp³-hybridized carbons (Fsp3) is 0.0714. The normalized spacial score (nSPS) is 10.6. The van der Waals surface area contributed by atoms with Crippen molar-refractivity contribution in [2.24, 2.45) is 0 Å². The minimum atomic E-state index is -0.340. The maximum Gasteiger partial charge on any atom is 0.291 e. The summed E-state index contributed by atoms with van der Waals surface area (Å²) in [5.41, 5.74) is 0.580. The molecule has 0 bridgehead atoms. The van der Waals surface area contributed by atoms with Gasteiger partial charge >= 0.3 is 0 Å². The lowest BCUT2D eigenvalue weighted by molar-refractivity contribution is 0.0995. The molecule has 1 N–H and O–H groups in total. The van der Waals surface area contributed by atoms with E-state index in [9.17, 15) is 4.79 Å². The summed E-state index contributed by atoms with van der Waals surface area (Å²) in [6, 6.07) is 6.79. The van der Waals surface area contributed by atoms with E-state index in [-0.39, 0.29) is 11.7 Å². The summed E-state index contributed by atoms with van der Waals surface area (Å²) in [5.74, 6) is 1.27. The Morgan fingerprint density at radius 2 is 2.14 bits per heavy atom. The third-order valence-electron chi connectivity index (χ3n) is 2.89. The van der Waals surface area contributed by atoms with Gasteiger partial charge in [0.1, 0.15) is 5.82 Å². The second kappa shape index (κ2) is 5.53. The SMILES string of the molecule is Cc1nccn1-c1ncccc1NC(=O)c1ccc(Br)o1. The molecule has 7 heteroatoms. The van der Waals surface area contributed by atoms with E-state index in [0.717, 1.165) is 5.82 Å². The van der Waals surface area contributed by atoms with Gasteiger partial charge in [-0.1, -0.05) is 0 Å². The van der Waals surface area contributed by atoms with Crippen LogP contribution in [0.4, 0.5) is 5.69 Å².